The molecule has 1 fully saturated rings. The Morgan fingerprint density at radius 2 is 2.27 bits per heavy atom. The lowest BCUT2D eigenvalue weighted by atomic mass is 10.2. The van der Waals surface area contributed by atoms with E-state index in [0.717, 1.165) is 22.2 Å². The molecule has 2 rings (SSSR count). The summed E-state index contributed by atoms with van der Waals surface area (Å²) >= 11 is 2.22. The molecule has 3 nitrogen and oxygen atoms in total. The highest BCUT2D eigenvalue weighted by Crippen LogP contribution is 2.30. The first-order chi connectivity index (χ1) is 7.20. The second-order valence-electron chi connectivity index (χ2n) is 3.54. The van der Waals surface area contributed by atoms with Gasteiger partial charge in [-0.25, -0.2) is 0 Å². The molecule has 1 aliphatic rings. The van der Waals surface area contributed by atoms with Gasteiger partial charge in [0.15, 0.2) is 0 Å². The SMILES string of the molecule is CNC(=O)c1ccc(I)c(OC2CC2)c1. The maximum absolute atomic E-state index is 11.4. The number of amides is 1. The lowest BCUT2D eigenvalue weighted by Crippen LogP contribution is -2.17. The van der Waals surface area contributed by atoms with E-state index in [2.05, 4.69) is 27.9 Å². The van der Waals surface area contributed by atoms with E-state index >= 15 is 0 Å². The predicted molar refractivity (Wildman–Crippen MR) is 66.2 cm³/mol. The summed E-state index contributed by atoms with van der Waals surface area (Å²) in [4.78, 5) is 11.4. The summed E-state index contributed by atoms with van der Waals surface area (Å²) in [5, 5.41) is 2.60. The summed E-state index contributed by atoms with van der Waals surface area (Å²) in [6.45, 7) is 0. The third kappa shape index (κ3) is 2.62. The summed E-state index contributed by atoms with van der Waals surface area (Å²) in [5.41, 5.74) is 0.647. The fraction of sp³-hybridized carbons (Fsp3) is 0.364. The molecule has 1 amide bonds. The molecule has 1 aliphatic carbocycles. The number of hydrogen-bond donors (Lipinski definition) is 1. The van der Waals surface area contributed by atoms with Crippen LogP contribution < -0.4 is 10.1 Å². The molecule has 0 atom stereocenters. The van der Waals surface area contributed by atoms with Crippen molar-refractivity contribution in [3.8, 4) is 5.75 Å². The van der Waals surface area contributed by atoms with Gasteiger partial charge in [-0.05, 0) is 53.6 Å². The third-order valence-corrected chi connectivity index (χ3v) is 3.13. The molecule has 0 aliphatic heterocycles. The molecule has 0 heterocycles. The number of carbonyl (C=O) groups excluding carboxylic acids is 1. The van der Waals surface area contributed by atoms with Gasteiger partial charge in [0.1, 0.15) is 5.75 Å². The normalized spacial score (nSPS) is 14.8. The summed E-state index contributed by atoms with van der Waals surface area (Å²) in [6, 6.07) is 5.52. The van der Waals surface area contributed by atoms with Crippen LogP contribution in [-0.4, -0.2) is 19.1 Å². The Labute approximate surface area is 102 Å². The van der Waals surface area contributed by atoms with Crippen LogP contribution in [0.2, 0.25) is 0 Å². The second-order valence-corrected chi connectivity index (χ2v) is 4.70. The molecule has 0 bridgehead atoms. The molecule has 1 aromatic rings. The zero-order valence-corrected chi connectivity index (χ0v) is 10.6. The van der Waals surface area contributed by atoms with Gasteiger partial charge in [-0.3, -0.25) is 4.79 Å². The second kappa shape index (κ2) is 4.38. The van der Waals surface area contributed by atoms with Crippen molar-refractivity contribution in [3.05, 3.63) is 27.3 Å². The Morgan fingerprint density at radius 3 is 2.87 bits per heavy atom. The molecule has 1 saturated carbocycles. The molecule has 0 radical (unpaired) electrons. The number of hydrogen-bond acceptors (Lipinski definition) is 2. The van der Waals surface area contributed by atoms with Crippen molar-refractivity contribution in [2.75, 3.05) is 7.05 Å². The highest BCUT2D eigenvalue weighted by molar-refractivity contribution is 14.1. The first-order valence-electron chi connectivity index (χ1n) is 4.89. The monoisotopic (exact) mass is 317 g/mol. The maximum atomic E-state index is 11.4. The Kier molecular flexibility index (Phi) is 3.14. The molecule has 0 spiro atoms. The van der Waals surface area contributed by atoms with Gasteiger partial charge >= 0.3 is 0 Å². The Balaban J connectivity index is 2.22. The van der Waals surface area contributed by atoms with E-state index in [1.54, 1.807) is 19.2 Å². The van der Waals surface area contributed by atoms with Crippen LogP contribution in [0.5, 0.6) is 5.75 Å². The zero-order valence-electron chi connectivity index (χ0n) is 8.42. The van der Waals surface area contributed by atoms with Crippen LogP contribution in [0.1, 0.15) is 23.2 Å². The van der Waals surface area contributed by atoms with Gasteiger partial charge in [-0.15, -0.1) is 0 Å². The molecule has 0 aromatic heterocycles. The van der Waals surface area contributed by atoms with Crippen LogP contribution in [0.15, 0.2) is 18.2 Å². The van der Waals surface area contributed by atoms with Crippen molar-refractivity contribution in [2.24, 2.45) is 0 Å². The first kappa shape index (κ1) is 10.7. The molecule has 1 aromatic carbocycles. The summed E-state index contributed by atoms with van der Waals surface area (Å²) in [7, 11) is 1.63. The molecule has 80 valence electrons. The number of nitrogens with one attached hydrogen (secondary N) is 1. The van der Waals surface area contributed by atoms with E-state index < -0.39 is 0 Å². The Bertz CT molecular complexity index is 388. The lowest BCUT2D eigenvalue weighted by Gasteiger charge is -2.08. The molecule has 15 heavy (non-hydrogen) atoms. The van der Waals surface area contributed by atoms with E-state index in [1.165, 1.54) is 0 Å². The minimum atomic E-state index is -0.0768. The Hall–Kier alpha value is -0.780. The summed E-state index contributed by atoms with van der Waals surface area (Å²) in [6.07, 6.45) is 2.61. The minimum Gasteiger partial charge on any atom is -0.489 e. The van der Waals surface area contributed by atoms with E-state index in [1.807, 2.05) is 6.07 Å². The van der Waals surface area contributed by atoms with Crippen LogP contribution in [0.4, 0.5) is 0 Å². The quantitative estimate of drug-likeness (QED) is 0.868. The fourth-order valence-electron chi connectivity index (χ4n) is 1.24. The first-order valence-corrected chi connectivity index (χ1v) is 5.97. The van der Waals surface area contributed by atoms with Gasteiger partial charge in [-0.2, -0.15) is 0 Å². The van der Waals surface area contributed by atoms with Crippen LogP contribution in [0, 0.1) is 3.57 Å². The van der Waals surface area contributed by atoms with E-state index in [9.17, 15) is 4.79 Å². The average Bonchev–Trinajstić information content (AvgIpc) is 3.04. The smallest absolute Gasteiger partial charge is 0.251 e. The summed E-state index contributed by atoms with van der Waals surface area (Å²) < 4.78 is 6.75. The van der Waals surface area contributed by atoms with Crippen molar-refractivity contribution in [1.82, 2.24) is 5.32 Å². The molecular weight excluding hydrogens is 305 g/mol. The number of rotatable bonds is 3. The summed E-state index contributed by atoms with van der Waals surface area (Å²) in [5.74, 6) is 0.742. The molecule has 4 heteroatoms. The van der Waals surface area contributed by atoms with Gasteiger partial charge in [0.05, 0.1) is 9.67 Å². The van der Waals surface area contributed by atoms with Crippen LogP contribution in [0.25, 0.3) is 0 Å². The van der Waals surface area contributed by atoms with Gasteiger partial charge < -0.3 is 10.1 Å². The average molecular weight is 317 g/mol. The number of halogens is 1. The molecule has 0 unspecified atom stereocenters. The highest BCUT2D eigenvalue weighted by Gasteiger charge is 2.24. The van der Waals surface area contributed by atoms with Crippen molar-refractivity contribution in [1.29, 1.82) is 0 Å². The molecule has 0 saturated heterocycles. The van der Waals surface area contributed by atoms with E-state index in [4.69, 9.17) is 4.74 Å². The predicted octanol–water partition coefficient (Wildman–Crippen LogP) is 2.19. The van der Waals surface area contributed by atoms with Crippen LogP contribution in [-0.2, 0) is 0 Å². The fourth-order valence-corrected chi connectivity index (χ4v) is 1.71. The van der Waals surface area contributed by atoms with Crippen molar-refractivity contribution in [2.45, 2.75) is 18.9 Å². The zero-order chi connectivity index (χ0) is 10.8. The number of carbonyl (C=O) groups is 1. The van der Waals surface area contributed by atoms with Crippen LogP contribution >= 0.6 is 22.6 Å². The number of benzene rings is 1. The Morgan fingerprint density at radius 1 is 1.53 bits per heavy atom. The van der Waals surface area contributed by atoms with Crippen molar-refractivity contribution < 1.29 is 9.53 Å². The molecular formula is C11H12INO2. The maximum Gasteiger partial charge on any atom is 0.251 e. The standard InChI is InChI=1S/C11H12INO2/c1-13-11(14)7-2-5-9(12)10(6-7)15-8-3-4-8/h2,5-6,8H,3-4H2,1H3,(H,13,14). The van der Waals surface area contributed by atoms with Gasteiger partial charge in [0, 0.05) is 12.6 Å². The topological polar surface area (TPSA) is 38.3 Å². The number of ether oxygens (including phenoxy) is 1. The molecule has 1 N–H and O–H groups in total. The largest absolute Gasteiger partial charge is 0.489 e. The van der Waals surface area contributed by atoms with Crippen LogP contribution in [0.3, 0.4) is 0 Å². The lowest BCUT2D eigenvalue weighted by molar-refractivity contribution is 0.0962. The van der Waals surface area contributed by atoms with Crippen molar-refractivity contribution >= 4 is 28.5 Å². The highest BCUT2D eigenvalue weighted by atomic mass is 127. The van der Waals surface area contributed by atoms with Gasteiger partial charge in [0.25, 0.3) is 5.91 Å². The van der Waals surface area contributed by atoms with E-state index in [-0.39, 0.29) is 5.91 Å². The third-order valence-electron chi connectivity index (χ3n) is 2.24. The van der Waals surface area contributed by atoms with E-state index in [0.29, 0.717) is 11.7 Å². The van der Waals surface area contributed by atoms with Gasteiger partial charge in [0.2, 0.25) is 0 Å². The van der Waals surface area contributed by atoms with Crippen molar-refractivity contribution in [3.63, 3.8) is 0 Å². The van der Waals surface area contributed by atoms with Gasteiger partial charge in [-0.1, -0.05) is 0 Å². The minimum absolute atomic E-state index is 0.0768.